The lowest BCUT2D eigenvalue weighted by atomic mass is 10.1. The number of anilines is 2. The fourth-order valence-corrected chi connectivity index (χ4v) is 3.13. The van der Waals surface area contributed by atoms with Gasteiger partial charge in [-0.05, 0) is 54.6 Å². The van der Waals surface area contributed by atoms with Crippen LogP contribution >= 0.6 is 0 Å². The van der Waals surface area contributed by atoms with Crippen molar-refractivity contribution in [2.24, 2.45) is 0 Å². The van der Waals surface area contributed by atoms with Crippen molar-refractivity contribution in [3.63, 3.8) is 0 Å². The molecule has 0 fully saturated rings. The van der Waals surface area contributed by atoms with Gasteiger partial charge in [0.2, 0.25) is 5.91 Å². The van der Waals surface area contributed by atoms with Crippen molar-refractivity contribution in [2.45, 2.75) is 0 Å². The van der Waals surface area contributed by atoms with Gasteiger partial charge >= 0.3 is 6.03 Å². The number of urea groups is 1. The Labute approximate surface area is 191 Å². The quantitative estimate of drug-likeness (QED) is 0.390. The number of carbonyl (C=O) groups excluding carboxylic acids is 2. The molecule has 0 aliphatic rings. The van der Waals surface area contributed by atoms with Gasteiger partial charge in [0.1, 0.15) is 5.69 Å². The van der Waals surface area contributed by atoms with Crippen LogP contribution in [0.25, 0.3) is 23.0 Å². The Kier molecular flexibility index (Phi) is 6.56. The lowest BCUT2D eigenvalue weighted by Crippen LogP contribution is -2.24. The van der Waals surface area contributed by atoms with E-state index in [2.05, 4.69) is 20.9 Å². The summed E-state index contributed by atoms with van der Waals surface area (Å²) < 4.78 is 1.78. The highest BCUT2D eigenvalue weighted by Gasteiger charge is 2.11. The van der Waals surface area contributed by atoms with Crippen LogP contribution in [0.3, 0.4) is 0 Å². The van der Waals surface area contributed by atoms with Crippen molar-refractivity contribution in [3.05, 3.63) is 97.0 Å². The molecular formula is C25H22N6O2. The number of hydrogen-bond donors (Lipinski definition) is 3. The molecule has 33 heavy (non-hydrogen) atoms. The van der Waals surface area contributed by atoms with E-state index in [4.69, 9.17) is 5.10 Å². The molecule has 8 heteroatoms. The summed E-state index contributed by atoms with van der Waals surface area (Å²) in [4.78, 5) is 28.1. The Balaban J connectivity index is 1.52. The number of aromatic nitrogens is 3. The molecule has 0 bridgehead atoms. The maximum atomic E-state index is 12.5. The number of pyridine rings is 1. The molecule has 0 spiro atoms. The average molecular weight is 438 g/mol. The molecule has 0 unspecified atom stereocenters. The van der Waals surface area contributed by atoms with Gasteiger partial charge in [0, 0.05) is 54.2 Å². The second-order valence-electron chi connectivity index (χ2n) is 7.06. The van der Waals surface area contributed by atoms with Crippen molar-refractivity contribution in [1.82, 2.24) is 20.1 Å². The largest absolute Gasteiger partial charge is 0.341 e. The maximum Gasteiger partial charge on any atom is 0.318 e. The smallest absolute Gasteiger partial charge is 0.318 e. The molecule has 164 valence electrons. The van der Waals surface area contributed by atoms with Crippen LogP contribution < -0.4 is 16.0 Å². The number of nitrogens with zero attached hydrogens (tertiary/aromatic N) is 3. The van der Waals surface area contributed by atoms with Gasteiger partial charge in [0.05, 0.1) is 5.69 Å². The number of nitrogens with one attached hydrogen (secondary N) is 3. The van der Waals surface area contributed by atoms with E-state index < -0.39 is 0 Å². The number of amides is 3. The predicted molar refractivity (Wildman–Crippen MR) is 129 cm³/mol. The van der Waals surface area contributed by atoms with Crippen molar-refractivity contribution in [2.75, 3.05) is 17.7 Å². The van der Waals surface area contributed by atoms with Crippen LogP contribution in [0.2, 0.25) is 0 Å². The fourth-order valence-electron chi connectivity index (χ4n) is 3.13. The summed E-state index contributed by atoms with van der Waals surface area (Å²) in [6.07, 6.45) is 8.51. The van der Waals surface area contributed by atoms with Crippen LogP contribution in [-0.2, 0) is 4.79 Å². The van der Waals surface area contributed by atoms with Gasteiger partial charge in [-0.1, -0.05) is 18.2 Å². The number of hydrogen-bond acceptors (Lipinski definition) is 4. The number of rotatable bonds is 6. The van der Waals surface area contributed by atoms with Crippen LogP contribution in [0.15, 0.2) is 91.4 Å². The molecule has 0 saturated carbocycles. The highest BCUT2D eigenvalue weighted by molar-refractivity contribution is 6.02. The highest BCUT2D eigenvalue weighted by Crippen LogP contribution is 2.24. The predicted octanol–water partition coefficient (Wildman–Crippen LogP) is 4.34. The van der Waals surface area contributed by atoms with Crippen LogP contribution in [0.4, 0.5) is 16.2 Å². The van der Waals surface area contributed by atoms with Gasteiger partial charge in [-0.2, -0.15) is 5.10 Å². The van der Waals surface area contributed by atoms with Gasteiger partial charge < -0.3 is 16.0 Å². The van der Waals surface area contributed by atoms with Crippen LogP contribution in [0.5, 0.6) is 0 Å². The molecule has 3 N–H and O–H groups in total. The molecule has 0 saturated heterocycles. The number of carbonyl (C=O) groups is 2. The van der Waals surface area contributed by atoms with E-state index in [-0.39, 0.29) is 11.9 Å². The first kappa shape index (κ1) is 21.5. The van der Waals surface area contributed by atoms with Gasteiger partial charge in [-0.3, -0.25) is 9.78 Å². The SMILES string of the molecule is CNC(=O)Nc1ccc(NC(=O)/C=C/c2cn(-c3ccccc3)nc2-c2cccnc2)cc1. The van der Waals surface area contributed by atoms with Crippen molar-refractivity contribution < 1.29 is 9.59 Å². The second-order valence-corrected chi connectivity index (χ2v) is 7.06. The Bertz CT molecular complexity index is 1270. The average Bonchev–Trinajstić information content (AvgIpc) is 3.29. The Morgan fingerprint density at radius 2 is 1.64 bits per heavy atom. The monoisotopic (exact) mass is 438 g/mol. The van der Waals surface area contributed by atoms with E-state index >= 15 is 0 Å². The normalized spacial score (nSPS) is 10.7. The fraction of sp³-hybridized carbons (Fsp3) is 0.0400. The van der Waals surface area contributed by atoms with Gasteiger partial charge in [0.15, 0.2) is 0 Å². The third-order valence-corrected chi connectivity index (χ3v) is 4.75. The number of para-hydroxylation sites is 1. The third-order valence-electron chi connectivity index (χ3n) is 4.75. The minimum Gasteiger partial charge on any atom is -0.341 e. The summed E-state index contributed by atoms with van der Waals surface area (Å²) in [5.41, 5.74) is 4.51. The van der Waals surface area contributed by atoms with E-state index in [1.807, 2.05) is 48.7 Å². The molecular weight excluding hydrogens is 416 g/mol. The molecule has 4 aromatic rings. The van der Waals surface area contributed by atoms with Gasteiger partial charge in [-0.15, -0.1) is 0 Å². The zero-order valence-electron chi connectivity index (χ0n) is 17.9. The summed E-state index contributed by atoms with van der Waals surface area (Å²) in [5, 5.41) is 12.7. The minimum atomic E-state index is -0.310. The first-order valence-corrected chi connectivity index (χ1v) is 10.3. The summed E-state index contributed by atoms with van der Waals surface area (Å²) in [7, 11) is 1.54. The Hall–Kier alpha value is -4.72. The summed E-state index contributed by atoms with van der Waals surface area (Å²) >= 11 is 0. The van der Waals surface area contributed by atoms with E-state index in [0.29, 0.717) is 11.4 Å². The van der Waals surface area contributed by atoms with E-state index in [1.165, 1.54) is 6.08 Å². The lowest BCUT2D eigenvalue weighted by Gasteiger charge is -2.06. The lowest BCUT2D eigenvalue weighted by molar-refractivity contribution is -0.111. The first-order chi connectivity index (χ1) is 16.1. The molecule has 2 aromatic carbocycles. The van der Waals surface area contributed by atoms with E-state index in [0.717, 1.165) is 22.5 Å². The molecule has 2 aromatic heterocycles. The summed E-state index contributed by atoms with van der Waals surface area (Å²) in [6.45, 7) is 0. The molecule has 0 atom stereocenters. The second kappa shape index (κ2) is 10.1. The summed E-state index contributed by atoms with van der Waals surface area (Å²) in [6, 6.07) is 20.1. The zero-order valence-corrected chi connectivity index (χ0v) is 17.9. The van der Waals surface area contributed by atoms with Crippen molar-refractivity contribution in [1.29, 1.82) is 0 Å². The van der Waals surface area contributed by atoms with E-state index in [1.54, 1.807) is 54.5 Å². The van der Waals surface area contributed by atoms with E-state index in [9.17, 15) is 9.59 Å². The topological polar surface area (TPSA) is 101 Å². The standard InChI is InChI=1S/C25H22N6O2/c1-26-25(33)29-21-12-10-20(11-13-21)28-23(32)14-9-19-17-31(22-7-3-2-4-8-22)30-24(19)18-6-5-15-27-16-18/h2-17H,1H3,(H,28,32)(H2,26,29,33)/b14-9+. The maximum absolute atomic E-state index is 12.5. The van der Waals surface area contributed by atoms with Crippen LogP contribution in [0.1, 0.15) is 5.56 Å². The number of benzene rings is 2. The first-order valence-electron chi connectivity index (χ1n) is 10.3. The van der Waals surface area contributed by atoms with Gasteiger partial charge in [0.25, 0.3) is 0 Å². The summed E-state index contributed by atoms with van der Waals surface area (Å²) in [5.74, 6) is -0.286. The molecule has 2 heterocycles. The molecule has 3 amide bonds. The van der Waals surface area contributed by atoms with Crippen molar-refractivity contribution >= 4 is 29.4 Å². The highest BCUT2D eigenvalue weighted by atomic mass is 16.2. The Morgan fingerprint density at radius 3 is 2.30 bits per heavy atom. The minimum absolute atomic E-state index is 0.286. The van der Waals surface area contributed by atoms with Crippen molar-refractivity contribution in [3.8, 4) is 16.9 Å². The molecule has 8 nitrogen and oxygen atoms in total. The van der Waals surface area contributed by atoms with Gasteiger partial charge in [-0.25, -0.2) is 9.48 Å². The Morgan fingerprint density at radius 1 is 0.909 bits per heavy atom. The molecule has 0 radical (unpaired) electrons. The zero-order chi connectivity index (χ0) is 23.0. The molecule has 0 aliphatic carbocycles. The van der Waals surface area contributed by atoms with Crippen LogP contribution in [0, 0.1) is 0 Å². The third kappa shape index (κ3) is 5.50. The molecule has 4 rings (SSSR count). The molecule has 0 aliphatic heterocycles. The van der Waals surface area contributed by atoms with Crippen LogP contribution in [-0.4, -0.2) is 33.8 Å².